The highest BCUT2D eigenvalue weighted by Gasteiger charge is 2.16. The van der Waals surface area contributed by atoms with Crippen LogP contribution in [-0.4, -0.2) is 33.3 Å². The minimum atomic E-state index is -3.46. The van der Waals surface area contributed by atoms with Crippen LogP contribution in [0, 0.1) is 0 Å². The lowest BCUT2D eigenvalue weighted by Crippen LogP contribution is -2.15. The van der Waals surface area contributed by atoms with Gasteiger partial charge in [0.1, 0.15) is 0 Å². The Hall–Kier alpha value is -4.05. The largest absolute Gasteiger partial charge is 0.454 e. The molecule has 2 amide bonds. The van der Waals surface area contributed by atoms with Gasteiger partial charge in [-0.25, -0.2) is 8.42 Å². The van der Waals surface area contributed by atoms with Gasteiger partial charge in [-0.1, -0.05) is 12.1 Å². The van der Waals surface area contributed by atoms with E-state index in [2.05, 4.69) is 15.4 Å². The SMILES string of the molecule is CS(=O)(=O)Nc1cccc(C(=O)Nc2cccc(NC(=O)c3ccc4c(c3)OCO4)c2)c1. The fourth-order valence-electron chi connectivity index (χ4n) is 3.06. The van der Waals surface area contributed by atoms with Gasteiger partial charge in [-0.05, 0) is 54.6 Å². The van der Waals surface area contributed by atoms with E-state index in [0.29, 0.717) is 28.4 Å². The molecule has 1 aliphatic rings. The fraction of sp³-hybridized carbons (Fsp3) is 0.0909. The van der Waals surface area contributed by atoms with E-state index in [0.717, 1.165) is 6.26 Å². The lowest BCUT2D eigenvalue weighted by atomic mass is 10.1. The van der Waals surface area contributed by atoms with Crippen LogP contribution in [0.15, 0.2) is 66.7 Å². The monoisotopic (exact) mass is 453 g/mol. The Kier molecular flexibility index (Phi) is 5.69. The van der Waals surface area contributed by atoms with Gasteiger partial charge in [0.25, 0.3) is 11.8 Å². The molecule has 0 radical (unpaired) electrons. The van der Waals surface area contributed by atoms with Crippen LogP contribution in [0.25, 0.3) is 0 Å². The van der Waals surface area contributed by atoms with Crippen LogP contribution >= 0.6 is 0 Å². The van der Waals surface area contributed by atoms with Crippen molar-refractivity contribution in [1.29, 1.82) is 0 Å². The predicted octanol–water partition coefficient (Wildman–Crippen LogP) is 3.29. The molecule has 0 bridgehead atoms. The molecule has 9 nitrogen and oxygen atoms in total. The van der Waals surface area contributed by atoms with E-state index in [9.17, 15) is 18.0 Å². The van der Waals surface area contributed by atoms with E-state index in [1.54, 1.807) is 60.7 Å². The topological polar surface area (TPSA) is 123 Å². The Balaban J connectivity index is 1.44. The molecular weight excluding hydrogens is 434 g/mol. The summed E-state index contributed by atoms with van der Waals surface area (Å²) >= 11 is 0. The molecule has 4 rings (SSSR count). The van der Waals surface area contributed by atoms with Gasteiger partial charge < -0.3 is 20.1 Å². The predicted molar refractivity (Wildman–Crippen MR) is 120 cm³/mol. The van der Waals surface area contributed by atoms with Crippen molar-refractivity contribution in [3.63, 3.8) is 0 Å². The van der Waals surface area contributed by atoms with E-state index >= 15 is 0 Å². The van der Waals surface area contributed by atoms with Crippen molar-refractivity contribution in [2.24, 2.45) is 0 Å². The van der Waals surface area contributed by atoms with Gasteiger partial charge >= 0.3 is 0 Å². The number of nitrogens with one attached hydrogen (secondary N) is 3. The molecule has 10 heteroatoms. The molecule has 32 heavy (non-hydrogen) atoms. The number of carbonyl (C=O) groups is 2. The Morgan fingerprint density at radius 2 is 1.34 bits per heavy atom. The molecule has 3 aromatic carbocycles. The second-order valence-electron chi connectivity index (χ2n) is 7.01. The highest BCUT2D eigenvalue weighted by molar-refractivity contribution is 7.92. The summed E-state index contributed by atoms with van der Waals surface area (Å²) in [5.41, 5.74) is 1.90. The summed E-state index contributed by atoms with van der Waals surface area (Å²) in [6.07, 6.45) is 1.03. The number of rotatable bonds is 6. The Morgan fingerprint density at radius 3 is 2.03 bits per heavy atom. The van der Waals surface area contributed by atoms with E-state index in [4.69, 9.17) is 9.47 Å². The Bertz CT molecular complexity index is 1310. The zero-order chi connectivity index (χ0) is 22.7. The van der Waals surface area contributed by atoms with Crippen LogP contribution in [0.4, 0.5) is 17.1 Å². The summed E-state index contributed by atoms with van der Waals surface area (Å²) in [6, 6.07) is 17.7. The van der Waals surface area contributed by atoms with E-state index in [1.807, 2.05) is 0 Å². The number of fused-ring (bicyclic) bond motifs is 1. The number of hydrogen-bond donors (Lipinski definition) is 3. The first-order valence-corrected chi connectivity index (χ1v) is 11.4. The van der Waals surface area contributed by atoms with Gasteiger partial charge in [0.15, 0.2) is 11.5 Å². The van der Waals surface area contributed by atoms with Gasteiger partial charge in [0.2, 0.25) is 16.8 Å². The van der Waals surface area contributed by atoms with E-state index in [1.165, 1.54) is 6.07 Å². The van der Waals surface area contributed by atoms with E-state index in [-0.39, 0.29) is 24.0 Å². The normalized spacial score (nSPS) is 12.2. The van der Waals surface area contributed by atoms with Crippen molar-refractivity contribution in [1.82, 2.24) is 0 Å². The van der Waals surface area contributed by atoms with Crippen LogP contribution < -0.4 is 24.8 Å². The quantitative estimate of drug-likeness (QED) is 0.526. The van der Waals surface area contributed by atoms with Crippen molar-refractivity contribution >= 4 is 38.9 Å². The molecule has 0 fully saturated rings. The maximum absolute atomic E-state index is 12.6. The number of hydrogen-bond acceptors (Lipinski definition) is 6. The molecule has 3 N–H and O–H groups in total. The lowest BCUT2D eigenvalue weighted by molar-refractivity contribution is 0.101. The van der Waals surface area contributed by atoms with Crippen molar-refractivity contribution in [2.75, 3.05) is 28.4 Å². The number of carbonyl (C=O) groups excluding carboxylic acids is 2. The summed E-state index contributed by atoms with van der Waals surface area (Å²) in [6.45, 7) is 0.120. The molecule has 0 atom stereocenters. The summed E-state index contributed by atoms with van der Waals surface area (Å²) in [7, 11) is -3.46. The first-order valence-electron chi connectivity index (χ1n) is 9.47. The molecule has 164 valence electrons. The molecule has 1 heterocycles. The van der Waals surface area contributed by atoms with Gasteiger partial charge in [-0.2, -0.15) is 0 Å². The highest BCUT2D eigenvalue weighted by atomic mass is 32.2. The third-order valence-electron chi connectivity index (χ3n) is 4.44. The van der Waals surface area contributed by atoms with Crippen molar-refractivity contribution in [3.05, 3.63) is 77.9 Å². The average Bonchev–Trinajstić information content (AvgIpc) is 3.21. The maximum atomic E-state index is 12.6. The summed E-state index contributed by atoms with van der Waals surface area (Å²) in [5.74, 6) is 0.320. The highest BCUT2D eigenvalue weighted by Crippen LogP contribution is 2.32. The third-order valence-corrected chi connectivity index (χ3v) is 5.05. The zero-order valence-electron chi connectivity index (χ0n) is 16.9. The summed E-state index contributed by atoms with van der Waals surface area (Å²) in [4.78, 5) is 25.2. The van der Waals surface area contributed by atoms with Crippen LogP contribution in [0.5, 0.6) is 11.5 Å². The van der Waals surface area contributed by atoms with Crippen LogP contribution in [-0.2, 0) is 10.0 Å². The molecule has 3 aromatic rings. The van der Waals surface area contributed by atoms with E-state index < -0.39 is 15.9 Å². The number of benzene rings is 3. The zero-order valence-corrected chi connectivity index (χ0v) is 17.7. The van der Waals surface area contributed by atoms with Crippen LogP contribution in [0.1, 0.15) is 20.7 Å². The molecule has 1 aliphatic heterocycles. The van der Waals surface area contributed by atoms with Crippen LogP contribution in [0.2, 0.25) is 0 Å². The van der Waals surface area contributed by atoms with Crippen molar-refractivity contribution in [2.45, 2.75) is 0 Å². The minimum absolute atomic E-state index is 0.120. The van der Waals surface area contributed by atoms with Crippen LogP contribution in [0.3, 0.4) is 0 Å². The number of ether oxygens (including phenoxy) is 2. The molecule has 0 spiro atoms. The summed E-state index contributed by atoms with van der Waals surface area (Å²) in [5, 5.41) is 5.51. The third kappa shape index (κ3) is 5.16. The molecule has 0 unspecified atom stereocenters. The molecule has 0 saturated carbocycles. The second-order valence-corrected chi connectivity index (χ2v) is 8.76. The summed E-state index contributed by atoms with van der Waals surface area (Å²) < 4.78 is 35.7. The van der Waals surface area contributed by atoms with Gasteiger partial charge in [0, 0.05) is 28.2 Å². The Labute approximate surface area is 184 Å². The second kappa shape index (κ2) is 8.60. The smallest absolute Gasteiger partial charge is 0.255 e. The standard InChI is InChI=1S/C22H19N3O6S/c1-32(28,29)25-18-7-2-4-14(10-18)21(26)23-16-5-3-6-17(12-16)24-22(27)15-8-9-19-20(11-15)31-13-30-19/h2-12,25H,13H2,1H3,(H,23,26)(H,24,27). The fourth-order valence-corrected chi connectivity index (χ4v) is 3.61. The van der Waals surface area contributed by atoms with Crippen molar-refractivity contribution < 1.29 is 27.5 Å². The molecule has 0 saturated heterocycles. The first-order chi connectivity index (χ1) is 15.3. The first kappa shape index (κ1) is 21.2. The average molecular weight is 453 g/mol. The number of anilines is 3. The lowest BCUT2D eigenvalue weighted by Gasteiger charge is -2.10. The molecule has 0 aromatic heterocycles. The molecule has 0 aliphatic carbocycles. The van der Waals surface area contributed by atoms with Crippen molar-refractivity contribution in [3.8, 4) is 11.5 Å². The number of amides is 2. The van der Waals surface area contributed by atoms with Gasteiger partial charge in [-0.15, -0.1) is 0 Å². The van der Waals surface area contributed by atoms with Gasteiger partial charge in [0.05, 0.1) is 6.26 Å². The molecular formula is C22H19N3O6S. The Morgan fingerprint density at radius 1 is 0.750 bits per heavy atom. The maximum Gasteiger partial charge on any atom is 0.255 e. The van der Waals surface area contributed by atoms with Gasteiger partial charge in [-0.3, -0.25) is 14.3 Å². The minimum Gasteiger partial charge on any atom is -0.454 e. The number of sulfonamides is 1.